The fraction of sp³-hybridized carbons (Fsp3) is 0.286. The molecule has 8 heteroatoms. The quantitative estimate of drug-likeness (QED) is 0.551. The smallest absolute Gasteiger partial charge is 0.261 e. The molecule has 1 aliphatic rings. The molecule has 0 radical (unpaired) electrons. The van der Waals surface area contributed by atoms with Crippen molar-refractivity contribution >= 4 is 43.2 Å². The average molecular weight is 479 g/mol. The van der Waals surface area contributed by atoms with Gasteiger partial charge in [-0.2, -0.15) is 0 Å². The number of nitrogens with one attached hydrogen (secondary N) is 2. The van der Waals surface area contributed by atoms with Crippen molar-refractivity contribution in [3.05, 3.63) is 59.1 Å². The lowest BCUT2D eigenvalue weighted by atomic mass is 9.93. The van der Waals surface area contributed by atoms with Gasteiger partial charge in [-0.05, 0) is 78.5 Å². The molecule has 2 N–H and O–H groups in total. The first-order chi connectivity index (χ1) is 13.9. The van der Waals surface area contributed by atoms with E-state index in [1.807, 2.05) is 13.0 Å². The van der Waals surface area contributed by atoms with Crippen LogP contribution < -0.4 is 14.8 Å². The van der Waals surface area contributed by atoms with Crippen molar-refractivity contribution in [2.24, 2.45) is 5.92 Å². The molecule has 2 aromatic rings. The fourth-order valence-corrected chi connectivity index (χ4v) is 4.66. The maximum atomic E-state index is 12.8. The Bertz CT molecular complexity index is 1020. The highest BCUT2D eigenvalue weighted by molar-refractivity contribution is 9.10. The number of hydrogen-bond donors (Lipinski definition) is 2. The first-order valence-corrected chi connectivity index (χ1v) is 11.7. The molecule has 6 nitrogen and oxygen atoms in total. The number of hydrogen-bond acceptors (Lipinski definition) is 4. The molecule has 1 unspecified atom stereocenters. The average Bonchev–Trinajstić information content (AvgIpc) is 2.71. The third kappa shape index (κ3) is 5.61. The minimum atomic E-state index is -3.81. The summed E-state index contributed by atoms with van der Waals surface area (Å²) in [6, 6.07) is 11.2. The number of rotatable bonds is 7. The van der Waals surface area contributed by atoms with Crippen LogP contribution in [0.15, 0.2) is 64.0 Å². The van der Waals surface area contributed by atoms with Gasteiger partial charge < -0.3 is 10.1 Å². The van der Waals surface area contributed by atoms with E-state index in [0.29, 0.717) is 34.6 Å². The summed E-state index contributed by atoms with van der Waals surface area (Å²) in [5.41, 5.74) is 0.865. The van der Waals surface area contributed by atoms with E-state index in [9.17, 15) is 13.2 Å². The van der Waals surface area contributed by atoms with Crippen molar-refractivity contribution in [3.8, 4) is 5.75 Å². The second-order valence-electron chi connectivity index (χ2n) is 6.68. The van der Waals surface area contributed by atoms with E-state index in [0.717, 1.165) is 12.8 Å². The molecule has 1 aliphatic carbocycles. The lowest BCUT2D eigenvalue weighted by Gasteiger charge is -2.17. The Morgan fingerprint density at radius 1 is 1.17 bits per heavy atom. The monoisotopic (exact) mass is 478 g/mol. The third-order valence-corrected chi connectivity index (χ3v) is 6.53. The highest BCUT2D eigenvalue weighted by Gasteiger charge is 2.20. The van der Waals surface area contributed by atoms with Crippen molar-refractivity contribution in [1.82, 2.24) is 0 Å². The molecule has 0 aliphatic heterocycles. The van der Waals surface area contributed by atoms with Crippen LogP contribution in [-0.4, -0.2) is 20.9 Å². The molecule has 1 atom stereocenters. The summed E-state index contributed by atoms with van der Waals surface area (Å²) >= 11 is 3.38. The standard InChI is InChI=1S/C21H23BrN2O4S/c1-2-28-20-12-11-17(14-19(20)22)24-29(26,27)18-10-6-9-16(13-18)23-21(25)15-7-4-3-5-8-15/h3-4,6,9-15,24H,2,5,7-8H2,1H3,(H,23,25). The van der Waals surface area contributed by atoms with Crippen molar-refractivity contribution in [2.75, 3.05) is 16.6 Å². The van der Waals surface area contributed by atoms with Gasteiger partial charge in [0.1, 0.15) is 5.75 Å². The topological polar surface area (TPSA) is 84.5 Å². The minimum absolute atomic E-state index is 0.0730. The van der Waals surface area contributed by atoms with Gasteiger partial charge in [0.15, 0.2) is 0 Å². The van der Waals surface area contributed by atoms with Crippen LogP contribution in [0.2, 0.25) is 0 Å². The van der Waals surface area contributed by atoms with Crippen molar-refractivity contribution in [3.63, 3.8) is 0 Å². The maximum absolute atomic E-state index is 12.8. The molecule has 1 amide bonds. The van der Waals surface area contributed by atoms with Crippen LogP contribution >= 0.6 is 15.9 Å². The van der Waals surface area contributed by atoms with Gasteiger partial charge in [-0.25, -0.2) is 8.42 Å². The van der Waals surface area contributed by atoms with Crippen molar-refractivity contribution < 1.29 is 17.9 Å². The Kier molecular flexibility index (Phi) is 6.97. The van der Waals surface area contributed by atoms with Gasteiger partial charge >= 0.3 is 0 Å². The van der Waals surface area contributed by atoms with E-state index in [1.54, 1.807) is 30.3 Å². The number of sulfonamides is 1. The molecule has 154 valence electrons. The summed E-state index contributed by atoms with van der Waals surface area (Å²) in [6.45, 7) is 2.39. The van der Waals surface area contributed by atoms with Gasteiger partial charge in [0.25, 0.3) is 10.0 Å². The molecule has 0 bridgehead atoms. The van der Waals surface area contributed by atoms with Gasteiger partial charge in [-0.15, -0.1) is 0 Å². The van der Waals surface area contributed by atoms with Crippen LogP contribution in [0.25, 0.3) is 0 Å². The number of benzene rings is 2. The summed E-state index contributed by atoms with van der Waals surface area (Å²) in [5.74, 6) is 0.463. The number of anilines is 2. The molecule has 0 heterocycles. The lowest BCUT2D eigenvalue weighted by Crippen LogP contribution is -2.23. The summed E-state index contributed by atoms with van der Waals surface area (Å²) in [6.07, 6.45) is 6.47. The summed E-state index contributed by atoms with van der Waals surface area (Å²) < 4.78 is 34.2. The van der Waals surface area contributed by atoms with Gasteiger partial charge in [0.2, 0.25) is 5.91 Å². The molecule has 29 heavy (non-hydrogen) atoms. The van der Waals surface area contributed by atoms with E-state index in [1.165, 1.54) is 12.1 Å². The van der Waals surface area contributed by atoms with E-state index in [4.69, 9.17) is 4.74 Å². The van der Waals surface area contributed by atoms with Crippen LogP contribution in [-0.2, 0) is 14.8 Å². The SMILES string of the molecule is CCOc1ccc(NS(=O)(=O)c2cccc(NC(=O)C3CC=CCC3)c2)cc1Br. The highest BCUT2D eigenvalue weighted by Crippen LogP contribution is 2.29. The van der Waals surface area contributed by atoms with Gasteiger partial charge in [-0.3, -0.25) is 9.52 Å². The number of carbonyl (C=O) groups excluding carboxylic acids is 1. The van der Waals surface area contributed by atoms with Crippen LogP contribution in [0.1, 0.15) is 26.2 Å². The second-order valence-corrected chi connectivity index (χ2v) is 9.22. The molecule has 0 aromatic heterocycles. The van der Waals surface area contributed by atoms with E-state index in [2.05, 4.69) is 32.0 Å². The van der Waals surface area contributed by atoms with Gasteiger partial charge in [0, 0.05) is 11.6 Å². The Morgan fingerprint density at radius 2 is 2.00 bits per heavy atom. The summed E-state index contributed by atoms with van der Waals surface area (Å²) in [4.78, 5) is 12.5. The van der Waals surface area contributed by atoms with E-state index in [-0.39, 0.29) is 16.7 Å². The highest BCUT2D eigenvalue weighted by atomic mass is 79.9. The normalized spacial score (nSPS) is 16.3. The Labute approximate surface area is 179 Å². The minimum Gasteiger partial charge on any atom is -0.493 e. The van der Waals surface area contributed by atoms with Crippen molar-refractivity contribution in [1.29, 1.82) is 0 Å². The van der Waals surface area contributed by atoms with E-state index >= 15 is 0 Å². The van der Waals surface area contributed by atoms with Gasteiger partial charge in [0.05, 0.1) is 21.7 Å². The third-order valence-electron chi connectivity index (χ3n) is 4.54. The molecule has 0 spiro atoms. The largest absolute Gasteiger partial charge is 0.493 e. The van der Waals surface area contributed by atoms with Crippen molar-refractivity contribution in [2.45, 2.75) is 31.1 Å². The molecule has 3 rings (SSSR count). The summed E-state index contributed by atoms with van der Waals surface area (Å²) in [5, 5.41) is 2.83. The number of amides is 1. The molecule has 0 fully saturated rings. The fourth-order valence-electron chi connectivity index (χ4n) is 3.07. The molecule has 0 saturated heterocycles. The molecular formula is C21H23BrN2O4S. The Balaban J connectivity index is 1.74. The molecule has 0 saturated carbocycles. The zero-order valence-corrected chi connectivity index (χ0v) is 18.4. The summed E-state index contributed by atoms with van der Waals surface area (Å²) in [7, 11) is -3.81. The Hall–Kier alpha value is -2.32. The number of ether oxygens (including phenoxy) is 1. The zero-order valence-electron chi connectivity index (χ0n) is 16.0. The van der Waals surface area contributed by atoms with Gasteiger partial charge in [-0.1, -0.05) is 18.2 Å². The van der Waals surface area contributed by atoms with E-state index < -0.39 is 10.0 Å². The van der Waals surface area contributed by atoms with Crippen LogP contribution in [0.5, 0.6) is 5.75 Å². The predicted molar refractivity (Wildman–Crippen MR) is 118 cm³/mol. The zero-order chi connectivity index (χ0) is 20.9. The predicted octanol–water partition coefficient (Wildman–Crippen LogP) is 4.94. The number of halogens is 1. The Morgan fingerprint density at radius 3 is 2.69 bits per heavy atom. The molecular weight excluding hydrogens is 456 g/mol. The number of allylic oxidation sites excluding steroid dienone is 2. The maximum Gasteiger partial charge on any atom is 0.261 e. The van der Waals surface area contributed by atoms with Crippen LogP contribution in [0.4, 0.5) is 11.4 Å². The molecule has 2 aromatic carbocycles. The number of carbonyl (C=O) groups is 1. The first kappa shape index (κ1) is 21.4. The second kappa shape index (κ2) is 9.45. The van der Waals surface area contributed by atoms with Crippen LogP contribution in [0, 0.1) is 5.92 Å². The lowest BCUT2D eigenvalue weighted by molar-refractivity contribution is -0.120. The first-order valence-electron chi connectivity index (χ1n) is 9.40. The van der Waals surface area contributed by atoms with Crippen LogP contribution in [0.3, 0.4) is 0 Å².